The second-order valence-corrected chi connectivity index (χ2v) is 10.0. The number of benzene rings is 3. The van der Waals surface area contributed by atoms with E-state index < -0.39 is 5.97 Å². The van der Waals surface area contributed by atoms with E-state index in [-0.39, 0.29) is 5.92 Å². The summed E-state index contributed by atoms with van der Waals surface area (Å²) in [6.07, 6.45) is 4.94. The number of nitrogens with zero attached hydrogens (tertiary/aromatic N) is 2. The summed E-state index contributed by atoms with van der Waals surface area (Å²) in [5.74, 6) is 1.12. The van der Waals surface area contributed by atoms with Gasteiger partial charge in [0.2, 0.25) is 5.89 Å². The zero-order valence-electron chi connectivity index (χ0n) is 23.8. The largest absolute Gasteiger partial charge is 0.487 e. The van der Waals surface area contributed by atoms with E-state index >= 15 is 0 Å². The number of rotatable bonds is 16. The van der Waals surface area contributed by atoms with Crippen LogP contribution in [0.1, 0.15) is 68.0 Å². The summed E-state index contributed by atoms with van der Waals surface area (Å²) in [4.78, 5) is 21.6. The Bertz CT molecular complexity index is 1380. The van der Waals surface area contributed by atoms with Crippen LogP contribution in [0.3, 0.4) is 0 Å². The summed E-state index contributed by atoms with van der Waals surface area (Å²) < 4.78 is 11.8. The van der Waals surface area contributed by atoms with E-state index in [2.05, 4.69) is 10.1 Å². The molecule has 1 N–H and O–H groups in total. The summed E-state index contributed by atoms with van der Waals surface area (Å²) in [5, 5.41) is 13.7. The first-order chi connectivity index (χ1) is 20.0. The molecule has 1 unspecified atom stereocenters. The average molecular weight is 555 g/mol. The highest BCUT2D eigenvalue weighted by Gasteiger charge is 2.14. The first-order valence-corrected chi connectivity index (χ1v) is 14.2. The van der Waals surface area contributed by atoms with E-state index in [0.717, 1.165) is 65.3 Å². The van der Waals surface area contributed by atoms with Gasteiger partial charge in [-0.3, -0.25) is 4.79 Å². The fraction of sp³-hybridized carbons (Fsp3) is 0.324. The van der Waals surface area contributed by atoms with Gasteiger partial charge in [-0.25, -0.2) is 4.98 Å². The van der Waals surface area contributed by atoms with Gasteiger partial charge in [-0.1, -0.05) is 85.6 Å². The van der Waals surface area contributed by atoms with Gasteiger partial charge in [0.1, 0.15) is 30.4 Å². The highest BCUT2D eigenvalue weighted by molar-refractivity contribution is 6.00. The number of unbranched alkanes of at least 4 members (excludes halogenated alkanes) is 2. The van der Waals surface area contributed by atoms with Crippen LogP contribution in [0.4, 0.5) is 0 Å². The Balaban J connectivity index is 1.27. The number of carboxylic acid groups (broad SMARTS) is 1. The first-order valence-electron chi connectivity index (χ1n) is 14.2. The van der Waals surface area contributed by atoms with Crippen LogP contribution in [-0.4, -0.2) is 21.8 Å². The number of aliphatic carboxylic acids is 1. The van der Waals surface area contributed by atoms with Crippen molar-refractivity contribution in [3.63, 3.8) is 0 Å². The van der Waals surface area contributed by atoms with E-state index in [1.807, 2.05) is 98.8 Å². The van der Waals surface area contributed by atoms with Gasteiger partial charge in [-0.05, 0) is 68.0 Å². The molecule has 0 saturated heterocycles. The van der Waals surface area contributed by atoms with E-state index in [0.29, 0.717) is 31.9 Å². The van der Waals surface area contributed by atoms with Crippen LogP contribution in [-0.2, 0) is 22.8 Å². The van der Waals surface area contributed by atoms with Crippen molar-refractivity contribution in [2.45, 2.75) is 65.6 Å². The molecule has 7 nitrogen and oxygen atoms in total. The number of ether oxygens (including phenoxy) is 1. The molecule has 0 radical (unpaired) electrons. The second-order valence-electron chi connectivity index (χ2n) is 10.0. The van der Waals surface area contributed by atoms with Gasteiger partial charge in [0.15, 0.2) is 0 Å². The van der Waals surface area contributed by atoms with Crippen LogP contribution < -0.4 is 4.74 Å². The Morgan fingerprint density at radius 3 is 2.32 bits per heavy atom. The Labute approximate surface area is 241 Å². The number of aromatic nitrogens is 1. The van der Waals surface area contributed by atoms with Crippen molar-refractivity contribution < 1.29 is 23.9 Å². The van der Waals surface area contributed by atoms with Gasteiger partial charge in [0, 0.05) is 5.56 Å². The number of carbonyl (C=O) groups is 1. The SMILES string of the molecule is CCC(CCCCCC(=NOCc1ccc(OCc2nc(-c3ccccc3)oc2C)cc1)c1ccccc1)C(=O)O. The van der Waals surface area contributed by atoms with E-state index in [4.69, 9.17) is 14.0 Å². The third-order valence-electron chi connectivity index (χ3n) is 7.03. The smallest absolute Gasteiger partial charge is 0.306 e. The molecule has 0 fully saturated rings. The maximum atomic E-state index is 11.2. The maximum Gasteiger partial charge on any atom is 0.306 e. The van der Waals surface area contributed by atoms with E-state index in [9.17, 15) is 9.90 Å². The van der Waals surface area contributed by atoms with Crippen molar-refractivity contribution in [3.05, 3.63) is 108 Å². The molecular weight excluding hydrogens is 516 g/mol. The fourth-order valence-corrected chi connectivity index (χ4v) is 4.52. The summed E-state index contributed by atoms with van der Waals surface area (Å²) in [5.41, 5.74) is 4.62. The van der Waals surface area contributed by atoms with Gasteiger partial charge in [0.25, 0.3) is 0 Å². The molecule has 0 amide bonds. The van der Waals surface area contributed by atoms with Crippen molar-refractivity contribution >= 4 is 11.7 Å². The van der Waals surface area contributed by atoms with Crippen molar-refractivity contribution in [2.75, 3.05) is 0 Å². The summed E-state index contributed by atoms with van der Waals surface area (Å²) in [7, 11) is 0. The van der Waals surface area contributed by atoms with Crippen LogP contribution in [0.25, 0.3) is 11.5 Å². The highest BCUT2D eigenvalue weighted by atomic mass is 16.6. The van der Waals surface area contributed by atoms with Gasteiger partial charge < -0.3 is 19.1 Å². The third-order valence-corrected chi connectivity index (χ3v) is 7.03. The molecule has 1 heterocycles. The van der Waals surface area contributed by atoms with Crippen molar-refractivity contribution in [2.24, 2.45) is 11.1 Å². The zero-order chi connectivity index (χ0) is 28.9. The van der Waals surface area contributed by atoms with Gasteiger partial charge in [0.05, 0.1) is 11.6 Å². The van der Waals surface area contributed by atoms with Crippen LogP contribution in [0.2, 0.25) is 0 Å². The summed E-state index contributed by atoms with van der Waals surface area (Å²) >= 11 is 0. The predicted molar refractivity (Wildman–Crippen MR) is 160 cm³/mol. The Morgan fingerprint density at radius 1 is 0.927 bits per heavy atom. The monoisotopic (exact) mass is 554 g/mol. The Kier molecular flexibility index (Phi) is 11.1. The molecule has 4 rings (SSSR count). The van der Waals surface area contributed by atoms with E-state index in [1.54, 1.807) is 0 Å². The lowest BCUT2D eigenvalue weighted by Crippen LogP contribution is -2.12. The molecule has 1 aromatic heterocycles. The minimum absolute atomic E-state index is 0.253. The fourth-order valence-electron chi connectivity index (χ4n) is 4.52. The lowest BCUT2D eigenvalue weighted by atomic mass is 9.97. The molecule has 1 atom stereocenters. The molecule has 214 valence electrons. The molecule has 0 bridgehead atoms. The zero-order valence-corrected chi connectivity index (χ0v) is 23.8. The molecule has 7 heteroatoms. The second kappa shape index (κ2) is 15.4. The number of carboxylic acids is 1. The standard InChI is InChI=1S/C34H38N2O5/c1-3-27(34(37)38)13-7-6-12-18-31(28-14-8-4-9-15-28)36-40-23-26-19-21-30(22-20-26)39-24-32-25(2)41-33(35-32)29-16-10-5-11-17-29/h4-5,8-11,14-17,19-22,27H,3,6-7,12-13,18,23-24H2,1-2H3,(H,37,38). The number of hydrogen-bond acceptors (Lipinski definition) is 6. The molecule has 4 aromatic rings. The third kappa shape index (κ3) is 9.07. The van der Waals surface area contributed by atoms with Crippen LogP contribution in [0, 0.1) is 12.8 Å². The van der Waals surface area contributed by atoms with Gasteiger partial charge in [-0.15, -0.1) is 0 Å². The van der Waals surface area contributed by atoms with Gasteiger partial charge in [-0.2, -0.15) is 0 Å². The van der Waals surface area contributed by atoms with E-state index in [1.165, 1.54) is 0 Å². The number of oxazole rings is 1. The molecule has 41 heavy (non-hydrogen) atoms. The topological polar surface area (TPSA) is 94.2 Å². The molecule has 0 spiro atoms. The van der Waals surface area contributed by atoms with Gasteiger partial charge >= 0.3 is 5.97 Å². The molecule has 3 aromatic carbocycles. The lowest BCUT2D eigenvalue weighted by molar-refractivity contribution is -0.142. The number of hydrogen-bond donors (Lipinski definition) is 1. The molecule has 0 aliphatic carbocycles. The first kappa shape index (κ1) is 29.6. The maximum absolute atomic E-state index is 11.2. The minimum Gasteiger partial charge on any atom is -0.487 e. The van der Waals surface area contributed by atoms with Crippen molar-refractivity contribution in [3.8, 4) is 17.2 Å². The normalized spacial score (nSPS) is 12.2. The molecule has 0 saturated carbocycles. The number of oxime groups is 1. The molecule has 0 aliphatic rings. The highest BCUT2D eigenvalue weighted by Crippen LogP contribution is 2.23. The lowest BCUT2D eigenvalue weighted by Gasteiger charge is -2.10. The van der Waals surface area contributed by atoms with Crippen LogP contribution in [0.5, 0.6) is 5.75 Å². The Hall–Kier alpha value is -4.39. The summed E-state index contributed by atoms with van der Waals surface area (Å²) in [6, 6.07) is 27.6. The molecular formula is C34H38N2O5. The quantitative estimate of drug-likeness (QED) is 0.0852. The summed E-state index contributed by atoms with van der Waals surface area (Å²) in [6.45, 7) is 4.48. The van der Waals surface area contributed by atoms with Crippen molar-refractivity contribution in [1.29, 1.82) is 0 Å². The predicted octanol–water partition coefficient (Wildman–Crippen LogP) is 8.21. The number of aryl methyl sites for hydroxylation is 1. The average Bonchev–Trinajstić information content (AvgIpc) is 3.38. The van der Waals surface area contributed by atoms with Crippen LogP contribution >= 0.6 is 0 Å². The molecule has 0 aliphatic heterocycles. The minimum atomic E-state index is -0.700. The van der Waals surface area contributed by atoms with Crippen LogP contribution in [0.15, 0.2) is 94.5 Å². The van der Waals surface area contributed by atoms with Crippen molar-refractivity contribution in [1.82, 2.24) is 4.98 Å². The Morgan fingerprint density at radius 2 is 1.63 bits per heavy atom.